The predicted octanol–water partition coefficient (Wildman–Crippen LogP) is 0.102. The molecule has 1 N–H and O–H groups in total. The van der Waals surface area contributed by atoms with E-state index in [0.29, 0.717) is 37.6 Å². The zero-order valence-electron chi connectivity index (χ0n) is 15.4. The van der Waals surface area contributed by atoms with Gasteiger partial charge in [-0.15, -0.1) is 0 Å². The van der Waals surface area contributed by atoms with Crippen molar-refractivity contribution in [1.29, 1.82) is 0 Å². The van der Waals surface area contributed by atoms with Gasteiger partial charge >= 0.3 is 0 Å². The Balaban J connectivity index is 2.06. The first-order valence-corrected chi connectivity index (χ1v) is 10.4. The second kappa shape index (κ2) is 8.85. The number of anilines is 2. The molecule has 1 aromatic carbocycles. The standard InChI is InChI=1S/C17H24N4O5S/c1-14(23)18-15-4-3-5-16(12-15)21(27(2,25)26)7-6-17(24)20-10-8-19(13-22)9-11-20/h3-5,12-13H,6-11H2,1-2H3,(H,18,23). The van der Waals surface area contributed by atoms with Gasteiger partial charge in [0.05, 0.1) is 11.9 Å². The third kappa shape index (κ3) is 5.95. The Morgan fingerprint density at radius 2 is 1.89 bits per heavy atom. The maximum Gasteiger partial charge on any atom is 0.232 e. The van der Waals surface area contributed by atoms with Crippen LogP contribution in [-0.4, -0.2) is 75.4 Å². The maximum absolute atomic E-state index is 12.4. The van der Waals surface area contributed by atoms with Crippen LogP contribution in [0.5, 0.6) is 0 Å². The van der Waals surface area contributed by atoms with E-state index < -0.39 is 10.0 Å². The Morgan fingerprint density at radius 1 is 1.22 bits per heavy atom. The summed E-state index contributed by atoms with van der Waals surface area (Å²) >= 11 is 0. The minimum Gasteiger partial charge on any atom is -0.342 e. The molecule has 2 rings (SSSR count). The van der Waals surface area contributed by atoms with Gasteiger partial charge in [-0.05, 0) is 18.2 Å². The van der Waals surface area contributed by atoms with Crippen LogP contribution < -0.4 is 9.62 Å². The van der Waals surface area contributed by atoms with Crippen molar-refractivity contribution in [3.63, 3.8) is 0 Å². The molecule has 0 bridgehead atoms. The largest absolute Gasteiger partial charge is 0.342 e. The van der Waals surface area contributed by atoms with Crippen LogP contribution in [0.1, 0.15) is 13.3 Å². The number of hydrogen-bond acceptors (Lipinski definition) is 5. The quantitative estimate of drug-likeness (QED) is 0.658. The van der Waals surface area contributed by atoms with Gasteiger partial charge in [0.2, 0.25) is 28.2 Å². The number of benzene rings is 1. The van der Waals surface area contributed by atoms with Crippen LogP contribution in [0.15, 0.2) is 24.3 Å². The van der Waals surface area contributed by atoms with Crippen LogP contribution in [0.4, 0.5) is 11.4 Å². The van der Waals surface area contributed by atoms with Gasteiger partial charge in [-0.2, -0.15) is 0 Å². The van der Waals surface area contributed by atoms with Crippen molar-refractivity contribution in [1.82, 2.24) is 9.80 Å². The van der Waals surface area contributed by atoms with Crippen LogP contribution in [-0.2, 0) is 24.4 Å². The Labute approximate surface area is 159 Å². The highest BCUT2D eigenvalue weighted by molar-refractivity contribution is 7.92. The summed E-state index contributed by atoms with van der Waals surface area (Å²) in [6.07, 6.45) is 1.86. The number of sulfonamides is 1. The second-order valence-corrected chi connectivity index (χ2v) is 8.25. The summed E-state index contributed by atoms with van der Waals surface area (Å²) in [5.74, 6) is -0.421. The molecule has 10 heteroatoms. The third-order valence-corrected chi connectivity index (χ3v) is 5.39. The molecule has 3 amide bonds. The van der Waals surface area contributed by atoms with E-state index in [4.69, 9.17) is 0 Å². The zero-order valence-corrected chi connectivity index (χ0v) is 16.2. The van der Waals surface area contributed by atoms with Crippen LogP contribution in [0.3, 0.4) is 0 Å². The normalized spacial score (nSPS) is 14.6. The lowest BCUT2D eigenvalue weighted by molar-refractivity contribution is -0.134. The van der Waals surface area contributed by atoms with E-state index in [1.165, 1.54) is 6.92 Å². The topological polar surface area (TPSA) is 107 Å². The van der Waals surface area contributed by atoms with Crippen LogP contribution in [0.25, 0.3) is 0 Å². The molecule has 9 nitrogen and oxygen atoms in total. The van der Waals surface area contributed by atoms with Crippen molar-refractivity contribution in [3.05, 3.63) is 24.3 Å². The molecule has 0 aromatic heterocycles. The number of nitrogens with one attached hydrogen (secondary N) is 1. The second-order valence-electron chi connectivity index (χ2n) is 6.34. The van der Waals surface area contributed by atoms with E-state index >= 15 is 0 Å². The summed E-state index contributed by atoms with van der Waals surface area (Å²) in [4.78, 5) is 37.6. The number of amides is 3. The number of carbonyl (C=O) groups is 3. The lowest BCUT2D eigenvalue weighted by atomic mass is 10.2. The molecular formula is C17H24N4O5S. The van der Waals surface area contributed by atoms with Crippen molar-refractivity contribution in [2.75, 3.05) is 48.6 Å². The molecule has 1 aliphatic rings. The number of piperazine rings is 1. The average Bonchev–Trinajstić information content (AvgIpc) is 2.60. The fourth-order valence-electron chi connectivity index (χ4n) is 2.86. The molecule has 1 aliphatic heterocycles. The molecule has 1 fully saturated rings. The van der Waals surface area contributed by atoms with Crippen molar-refractivity contribution < 1.29 is 22.8 Å². The minimum absolute atomic E-state index is 0.00487. The van der Waals surface area contributed by atoms with Crippen molar-refractivity contribution in [2.24, 2.45) is 0 Å². The molecule has 0 aliphatic carbocycles. The fraction of sp³-hybridized carbons (Fsp3) is 0.471. The molecule has 27 heavy (non-hydrogen) atoms. The van der Waals surface area contributed by atoms with Gasteiger partial charge < -0.3 is 15.1 Å². The summed E-state index contributed by atoms with van der Waals surface area (Å²) in [5, 5.41) is 2.61. The summed E-state index contributed by atoms with van der Waals surface area (Å²) in [5.41, 5.74) is 0.854. The van der Waals surface area contributed by atoms with Gasteiger partial charge in [0.1, 0.15) is 0 Å². The first kappa shape index (κ1) is 20.7. The van der Waals surface area contributed by atoms with Gasteiger partial charge in [0, 0.05) is 51.8 Å². The highest BCUT2D eigenvalue weighted by atomic mass is 32.2. The molecule has 0 radical (unpaired) electrons. The SMILES string of the molecule is CC(=O)Nc1cccc(N(CCC(=O)N2CCN(C=O)CC2)S(C)(=O)=O)c1. The fourth-order valence-corrected chi connectivity index (χ4v) is 3.78. The molecular weight excluding hydrogens is 372 g/mol. The Morgan fingerprint density at radius 3 is 2.44 bits per heavy atom. The first-order valence-electron chi connectivity index (χ1n) is 8.53. The number of carbonyl (C=O) groups excluding carboxylic acids is 3. The molecule has 0 unspecified atom stereocenters. The predicted molar refractivity (Wildman–Crippen MR) is 102 cm³/mol. The number of hydrogen-bond donors (Lipinski definition) is 1. The Hall–Kier alpha value is -2.62. The smallest absolute Gasteiger partial charge is 0.232 e. The van der Waals surface area contributed by atoms with E-state index in [1.54, 1.807) is 34.1 Å². The van der Waals surface area contributed by atoms with Gasteiger partial charge in [-0.1, -0.05) is 6.07 Å². The lowest BCUT2D eigenvalue weighted by Crippen LogP contribution is -2.48. The van der Waals surface area contributed by atoms with E-state index in [2.05, 4.69) is 5.32 Å². The molecule has 1 saturated heterocycles. The van der Waals surface area contributed by atoms with E-state index in [0.717, 1.165) is 17.0 Å². The van der Waals surface area contributed by atoms with Crippen LogP contribution >= 0.6 is 0 Å². The van der Waals surface area contributed by atoms with E-state index in [9.17, 15) is 22.8 Å². The van der Waals surface area contributed by atoms with E-state index in [-0.39, 0.29) is 24.8 Å². The minimum atomic E-state index is -3.61. The van der Waals surface area contributed by atoms with Crippen LogP contribution in [0, 0.1) is 0 Å². The Bertz CT molecular complexity index is 803. The van der Waals surface area contributed by atoms with Crippen molar-refractivity contribution in [3.8, 4) is 0 Å². The molecule has 0 atom stereocenters. The van der Waals surface area contributed by atoms with Crippen molar-refractivity contribution in [2.45, 2.75) is 13.3 Å². The van der Waals surface area contributed by atoms with Gasteiger partial charge in [0.15, 0.2) is 0 Å². The molecule has 1 heterocycles. The molecule has 1 aromatic rings. The zero-order chi connectivity index (χ0) is 20.0. The van der Waals surface area contributed by atoms with Gasteiger partial charge in [-0.3, -0.25) is 18.7 Å². The molecule has 0 saturated carbocycles. The summed E-state index contributed by atoms with van der Waals surface area (Å²) < 4.78 is 25.6. The summed E-state index contributed by atoms with van der Waals surface area (Å²) in [7, 11) is -3.61. The monoisotopic (exact) mass is 396 g/mol. The highest BCUT2D eigenvalue weighted by Gasteiger charge is 2.23. The lowest BCUT2D eigenvalue weighted by Gasteiger charge is -2.33. The molecule has 148 valence electrons. The van der Waals surface area contributed by atoms with Crippen LogP contribution in [0.2, 0.25) is 0 Å². The maximum atomic E-state index is 12.4. The van der Waals surface area contributed by atoms with Gasteiger partial charge in [0.25, 0.3) is 0 Å². The van der Waals surface area contributed by atoms with Gasteiger partial charge in [-0.25, -0.2) is 8.42 Å². The number of rotatable bonds is 7. The third-order valence-electron chi connectivity index (χ3n) is 4.20. The number of nitrogens with zero attached hydrogens (tertiary/aromatic N) is 3. The van der Waals surface area contributed by atoms with Crippen molar-refractivity contribution >= 4 is 39.6 Å². The summed E-state index contributed by atoms with van der Waals surface area (Å²) in [6, 6.07) is 6.46. The Kier molecular flexibility index (Phi) is 6.78. The van der Waals surface area contributed by atoms with E-state index in [1.807, 2.05) is 0 Å². The highest BCUT2D eigenvalue weighted by Crippen LogP contribution is 2.22. The first-order chi connectivity index (χ1) is 12.7. The average molecular weight is 396 g/mol. The summed E-state index contributed by atoms with van der Waals surface area (Å²) in [6.45, 7) is 3.19. The molecule has 0 spiro atoms.